The van der Waals surface area contributed by atoms with Gasteiger partial charge in [-0.05, 0) is 37.3 Å². The van der Waals surface area contributed by atoms with Crippen LogP contribution in [0, 0.1) is 5.41 Å². The molecule has 0 bridgehead atoms. The first kappa shape index (κ1) is 15.4. The Morgan fingerprint density at radius 3 is 2.96 bits per heavy atom. The molecular weight excluding hydrogens is 312 g/mol. The van der Waals surface area contributed by atoms with Gasteiger partial charge in [-0.2, -0.15) is 0 Å². The molecule has 3 heterocycles. The topological polar surface area (TPSA) is 42.8 Å². The highest BCUT2D eigenvalue weighted by Crippen LogP contribution is 2.61. The third-order valence-electron chi connectivity index (χ3n) is 7.61. The molecule has 4 atom stereocenters. The smallest absolute Gasteiger partial charge is 0.335 e. The van der Waals surface area contributed by atoms with Crippen molar-refractivity contribution in [3.8, 4) is 0 Å². The number of para-hydroxylation sites is 1. The van der Waals surface area contributed by atoms with Crippen molar-refractivity contribution in [3.05, 3.63) is 41.1 Å². The van der Waals surface area contributed by atoms with E-state index in [0.717, 1.165) is 30.5 Å². The Labute approximate surface area is 149 Å². The van der Waals surface area contributed by atoms with Gasteiger partial charge >= 0.3 is 5.97 Å². The van der Waals surface area contributed by atoms with E-state index in [1.54, 1.807) is 4.90 Å². The average Bonchev–Trinajstić information content (AvgIpc) is 3.21. The monoisotopic (exact) mass is 339 g/mol. The minimum absolute atomic E-state index is 0.0237. The number of carbonyl (C=O) groups excluding carboxylic acids is 1. The lowest BCUT2D eigenvalue weighted by atomic mass is 9.53. The minimum atomic E-state index is -0.139. The van der Waals surface area contributed by atoms with Gasteiger partial charge in [0.25, 0.3) is 0 Å². The number of ether oxygens (including phenoxy) is 1. The summed E-state index contributed by atoms with van der Waals surface area (Å²) in [5.74, 6) is -0.139. The van der Waals surface area contributed by atoms with Crippen molar-refractivity contribution >= 4 is 11.7 Å². The zero-order valence-corrected chi connectivity index (χ0v) is 15.2. The lowest BCUT2D eigenvalue weighted by molar-refractivity contribution is -0.929. The van der Waals surface area contributed by atoms with Crippen LogP contribution in [0.1, 0.15) is 44.6 Å². The summed E-state index contributed by atoms with van der Waals surface area (Å²) in [6.07, 6.45) is 5.64. The van der Waals surface area contributed by atoms with Crippen LogP contribution in [-0.2, 0) is 14.9 Å². The summed E-state index contributed by atoms with van der Waals surface area (Å²) in [4.78, 5) is 14.5. The van der Waals surface area contributed by atoms with E-state index >= 15 is 0 Å². The van der Waals surface area contributed by atoms with Crippen molar-refractivity contribution in [2.45, 2.75) is 50.5 Å². The summed E-state index contributed by atoms with van der Waals surface area (Å²) in [7, 11) is 1.52. The van der Waals surface area contributed by atoms with Gasteiger partial charge in [0, 0.05) is 23.2 Å². The largest absolute Gasteiger partial charge is 0.466 e. The van der Waals surface area contributed by atoms with Crippen LogP contribution < -0.4 is 10.2 Å². The Morgan fingerprint density at radius 1 is 1.32 bits per heavy atom. The number of carbonyl (C=O) groups is 1. The van der Waals surface area contributed by atoms with Crippen LogP contribution in [0.3, 0.4) is 0 Å². The molecule has 0 saturated carbocycles. The van der Waals surface area contributed by atoms with Gasteiger partial charge in [-0.15, -0.1) is 0 Å². The number of methoxy groups -OCH3 is 1. The molecule has 2 saturated heterocycles. The van der Waals surface area contributed by atoms with Gasteiger partial charge in [-0.1, -0.05) is 25.1 Å². The number of piperidine rings is 1. The summed E-state index contributed by atoms with van der Waals surface area (Å²) in [5.41, 5.74) is 4.86. The van der Waals surface area contributed by atoms with E-state index in [0.29, 0.717) is 6.04 Å². The van der Waals surface area contributed by atoms with Gasteiger partial charge in [0.15, 0.2) is 0 Å². The van der Waals surface area contributed by atoms with Gasteiger partial charge in [0.05, 0.1) is 31.2 Å². The highest BCUT2D eigenvalue weighted by molar-refractivity contribution is 5.93. The molecule has 25 heavy (non-hydrogen) atoms. The molecule has 3 aliphatic heterocycles. The normalized spacial score (nSPS) is 37.8. The molecule has 2 N–H and O–H groups in total. The molecule has 1 unspecified atom stereocenters. The number of hydrogen-bond donors (Lipinski definition) is 2. The number of benzene rings is 1. The number of rotatable bonds is 2. The molecule has 0 radical (unpaired) electrons. The second-order valence-corrected chi connectivity index (χ2v) is 8.32. The number of esters is 1. The van der Waals surface area contributed by atoms with Crippen LogP contribution in [0.15, 0.2) is 35.5 Å². The van der Waals surface area contributed by atoms with Crippen molar-refractivity contribution in [1.82, 2.24) is 0 Å². The van der Waals surface area contributed by atoms with E-state index < -0.39 is 0 Å². The third kappa shape index (κ3) is 1.74. The Kier molecular flexibility index (Phi) is 3.15. The van der Waals surface area contributed by atoms with Crippen molar-refractivity contribution in [2.75, 3.05) is 25.5 Å². The van der Waals surface area contributed by atoms with Gasteiger partial charge in [0.2, 0.25) is 0 Å². The van der Waals surface area contributed by atoms with Gasteiger partial charge in [0.1, 0.15) is 6.04 Å². The maximum absolute atomic E-state index is 12.7. The molecule has 4 heteroatoms. The Bertz CT molecular complexity index is 786. The lowest BCUT2D eigenvalue weighted by Gasteiger charge is -2.53. The fourth-order valence-corrected chi connectivity index (χ4v) is 6.73. The Morgan fingerprint density at radius 2 is 2.16 bits per heavy atom. The van der Waals surface area contributed by atoms with Crippen LogP contribution >= 0.6 is 0 Å². The maximum atomic E-state index is 12.7. The second-order valence-electron chi connectivity index (χ2n) is 8.32. The molecule has 0 amide bonds. The third-order valence-corrected chi connectivity index (χ3v) is 7.61. The second kappa shape index (κ2) is 5.10. The lowest BCUT2D eigenvalue weighted by Crippen LogP contribution is -3.17. The van der Waals surface area contributed by atoms with Gasteiger partial charge < -0.3 is 15.0 Å². The molecule has 0 aromatic heterocycles. The molecule has 4 aliphatic rings. The van der Waals surface area contributed by atoms with E-state index in [1.165, 1.54) is 44.3 Å². The SMILES string of the molecule is CC[C@@]12CCC[NH+]3CC[C@]4(C(=C(C(=O)OC)C1)Nc1ccccc14)[C@@H]32. The molecule has 1 aliphatic carbocycles. The average molecular weight is 339 g/mol. The number of hydrogen-bond acceptors (Lipinski definition) is 3. The van der Waals surface area contributed by atoms with Crippen LogP contribution in [0.4, 0.5) is 5.69 Å². The Balaban J connectivity index is 1.81. The summed E-state index contributed by atoms with van der Waals surface area (Å²) in [6.45, 7) is 4.81. The van der Waals surface area contributed by atoms with E-state index in [1.807, 2.05) is 0 Å². The number of fused-ring (bicyclic) bond motifs is 1. The minimum Gasteiger partial charge on any atom is -0.466 e. The summed E-state index contributed by atoms with van der Waals surface area (Å²) >= 11 is 0. The summed E-state index contributed by atoms with van der Waals surface area (Å²) < 4.78 is 5.23. The van der Waals surface area contributed by atoms with E-state index in [2.05, 4.69) is 36.5 Å². The predicted molar refractivity (Wildman–Crippen MR) is 96.5 cm³/mol. The van der Waals surface area contributed by atoms with Crippen molar-refractivity contribution < 1.29 is 14.4 Å². The van der Waals surface area contributed by atoms with E-state index in [4.69, 9.17) is 4.74 Å². The standard InChI is InChI=1S/C21H26N2O2/c1-3-20-9-6-11-23-12-10-21(19(20)23)15-7-4-5-8-16(15)22-17(21)14(13-20)18(24)25-2/h4-5,7-8,19,22H,3,6,9-13H2,1-2H3/p+1/t19-,20+,21-/m0/s1. The van der Waals surface area contributed by atoms with Crippen LogP contribution in [0.25, 0.3) is 0 Å². The van der Waals surface area contributed by atoms with Gasteiger partial charge in [-0.3, -0.25) is 0 Å². The number of anilines is 1. The van der Waals surface area contributed by atoms with E-state index in [9.17, 15) is 4.79 Å². The molecule has 5 rings (SSSR count). The Hall–Kier alpha value is -1.81. The fraction of sp³-hybridized carbons (Fsp3) is 0.571. The summed E-state index contributed by atoms with van der Waals surface area (Å²) in [6, 6.07) is 9.27. The van der Waals surface area contributed by atoms with Crippen LogP contribution in [0.2, 0.25) is 0 Å². The van der Waals surface area contributed by atoms with Crippen molar-refractivity contribution in [3.63, 3.8) is 0 Å². The number of nitrogens with one attached hydrogen (secondary N) is 2. The van der Waals surface area contributed by atoms with Crippen LogP contribution in [0.5, 0.6) is 0 Å². The molecule has 1 aromatic carbocycles. The first-order valence-corrected chi connectivity index (χ1v) is 9.69. The quantitative estimate of drug-likeness (QED) is 0.810. The zero-order valence-electron chi connectivity index (χ0n) is 15.2. The fourth-order valence-electron chi connectivity index (χ4n) is 6.73. The van der Waals surface area contributed by atoms with E-state index in [-0.39, 0.29) is 16.8 Å². The molecule has 4 nitrogen and oxygen atoms in total. The molecule has 2 fully saturated rings. The number of quaternary nitrogens is 1. The maximum Gasteiger partial charge on any atom is 0.335 e. The van der Waals surface area contributed by atoms with Crippen LogP contribution in [-0.4, -0.2) is 32.2 Å². The molecule has 1 aromatic rings. The summed E-state index contributed by atoms with van der Waals surface area (Å²) in [5, 5.41) is 3.66. The highest BCUT2D eigenvalue weighted by Gasteiger charge is 2.69. The highest BCUT2D eigenvalue weighted by atomic mass is 16.5. The van der Waals surface area contributed by atoms with Crippen molar-refractivity contribution in [1.29, 1.82) is 0 Å². The van der Waals surface area contributed by atoms with Gasteiger partial charge in [-0.25, -0.2) is 4.79 Å². The predicted octanol–water partition coefficient (Wildman–Crippen LogP) is 2.03. The molecule has 132 valence electrons. The van der Waals surface area contributed by atoms with Crippen molar-refractivity contribution in [2.24, 2.45) is 5.41 Å². The zero-order chi connectivity index (χ0) is 17.2. The molecular formula is C21H27N2O2+. The first-order chi connectivity index (χ1) is 12.2. The first-order valence-electron chi connectivity index (χ1n) is 9.69. The molecule has 1 spiro atoms.